The van der Waals surface area contributed by atoms with Gasteiger partial charge in [0.15, 0.2) is 0 Å². The summed E-state index contributed by atoms with van der Waals surface area (Å²) in [6.07, 6.45) is 3.96. The van der Waals surface area contributed by atoms with Gasteiger partial charge >= 0.3 is 5.69 Å². The molecule has 0 N–H and O–H groups in total. The third kappa shape index (κ3) is 4.77. The lowest BCUT2D eigenvalue weighted by atomic mass is 10.0. The zero-order chi connectivity index (χ0) is 26.8. The molecule has 0 aliphatic carbocycles. The van der Waals surface area contributed by atoms with Crippen molar-refractivity contribution in [2.24, 2.45) is 7.05 Å². The van der Waals surface area contributed by atoms with Crippen LogP contribution in [0.15, 0.2) is 64.3 Å². The molecule has 0 spiro atoms. The van der Waals surface area contributed by atoms with Crippen molar-refractivity contribution in [3.63, 3.8) is 0 Å². The first kappa shape index (κ1) is 25.2. The van der Waals surface area contributed by atoms with Crippen LogP contribution in [0.1, 0.15) is 29.5 Å². The van der Waals surface area contributed by atoms with Crippen LogP contribution < -0.4 is 11.2 Å². The molecule has 0 unspecified atom stereocenters. The Bertz CT molecular complexity index is 1560. The van der Waals surface area contributed by atoms with E-state index in [1.807, 2.05) is 23.1 Å². The molecule has 9 nitrogen and oxygen atoms in total. The van der Waals surface area contributed by atoms with Crippen LogP contribution in [0.2, 0.25) is 0 Å². The molecule has 9 heteroatoms. The summed E-state index contributed by atoms with van der Waals surface area (Å²) in [5.41, 5.74) is 2.12. The summed E-state index contributed by atoms with van der Waals surface area (Å²) in [5.74, 6) is -0.0972. The number of nitriles is 1. The van der Waals surface area contributed by atoms with Gasteiger partial charge in [0, 0.05) is 44.5 Å². The van der Waals surface area contributed by atoms with Crippen molar-refractivity contribution >= 4 is 11.8 Å². The number of hydrogen-bond acceptors (Lipinski definition) is 5. The fourth-order valence-corrected chi connectivity index (χ4v) is 5.50. The first-order chi connectivity index (χ1) is 18.4. The summed E-state index contributed by atoms with van der Waals surface area (Å²) in [6, 6.07) is 16.9. The fraction of sp³-hybridized carbons (Fsp3) is 0.345. The van der Waals surface area contributed by atoms with Gasteiger partial charge in [0.25, 0.3) is 5.56 Å². The second kappa shape index (κ2) is 10.5. The summed E-state index contributed by atoms with van der Waals surface area (Å²) in [6.45, 7) is 1.45. The molecular weight excluding hydrogens is 482 g/mol. The summed E-state index contributed by atoms with van der Waals surface area (Å²) in [4.78, 5) is 55.5. The van der Waals surface area contributed by atoms with Crippen molar-refractivity contribution in [2.75, 3.05) is 19.6 Å². The molecule has 1 aromatic heterocycles. The van der Waals surface area contributed by atoms with Crippen LogP contribution in [0, 0.1) is 11.3 Å². The lowest BCUT2D eigenvalue weighted by Crippen LogP contribution is -2.50. The molecular formula is C29H29N5O4. The van der Waals surface area contributed by atoms with Crippen LogP contribution in [0.25, 0.3) is 11.1 Å². The van der Waals surface area contributed by atoms with Gasteiger partial charge < -0.3 is 9.80 Å². The first-order valence-electron chi connectivity index (χ1n) is 12.8. The van der Waals surface area contributed by atoms with Crippen LogP contribution in [0.5, 0.6) is 0 Å². The number of aromatic nitrogens is 2. The average Bonchev–Trinajstić information content (AvgIpc) is 3.11. The molecule has 2 aromatic carbocycles. The van der Waals surface area contributed by atoms with Crippen LogP contribution >= 0.6 is 0 Å². The maximum absolute atomic E-state index is 13.2. The van der Waals surface area contributed by atoms with E-state index < -0.39 is 11.2 Å². The Morgan fingerprint density at radius 1 is 0.947 bits per heavy atom. The van der Waals surface area contributed by atoms with Gasteiger partial charge in [-0.2, -0.15) is 5.26 Å². The Labute approximate surface area is 220 Å². The highest BCUT2D eigenvalue weighted by molar-refractivity contribution is 5.80. The number of fused-ring (bicyclic) bond motifs is 1. The summed E-state index contributed by atoms with van der Waals surface area (Å²) >= 11 is 0. The minimum Gasteiger partial charge on any atom is -0.341 e. The number of carbonyl (C=O) groups excluding carboxylic acids is 2. The Kier molecular flexibility index (Phi) is 6.97. The monoisotopic (exact) mass is 511 g/mol. The predicted octanol–water partition coefficient (Wildman–Crippen LogP) is 1.70. The molecule has 0 saturated carbocycles. The van der Waals surface area contributed by atoms with Crippen molar-refractivity contribution in [3.05, 3.63) is 92.3 Å². The standard InChI is InChI=1S/C29H29N5O4/c1-31-28(37)25(24-9-5-4-8-22(24)17-30)18-33(29(31)38)19-27(36)32-13-11-23(12-14-32)34-15-10-20-6-2-3-7-21(20)16-26(34)35/h2-9,18,23H,10-16,19H2,1H3. The molecule has 194 valence electrons. The predicted molar refractivity (Wildman–Crippen MR) is 141 cm³/mol. The lowest BCUT2D eigenvalue weighted by Gasteiger charge is -2.38. The molecule has 2 aliphatic heterocycles. The maximum Gasteiger partial charge on any atom is 0.331 e. The van der Waals surface area contributed by atoms with Crippen molar-refractivity contribution in [3.8, 4) is 17.2 Å². The quantitative estimate of drug-likeness (QED) is 0.530. The number of amides is 2. The Balaban J connectivity index is 1.28. The Hall–Kier alpha value is -4.45. The smallest absolute Gasteiger partial charge is 0.331 e. The number of benzene rings is 2. The van der Waals surface area contributed by atoms with Crippen molar-refractivity contribution in [1.82, 2.24) is 18.9 Å². The molecule has 1 fully saturated rings. The summed E-state index contributed by atoms with van der Waals surface area (Å²) < 4.78 is 2.20. The third-order valence-electron chi connectivity index (χ3n) is 7.66. The average molecular weight is 512 g/mol. The zero-order valence-electron chi connectivity index (χ0n) is 21.3. The normalized spacial score (nSPS) is 16.1. The molecule has 0 atom stereocenters. The summed E-state index contributed by atoms with van der Waals surface area (Å²) in [5, 5.41) is 9.46. The van der Waals surface area contributed by atoms with E-state index in [9.17, 15) is 24.4 Å². The highest BCUT2D eigenvalue weighted by atomic mass is 16.2. The molecule has 0 bridgehead atoms. The van der Waals surface area contributed by atoms with Crippen molar-refractivity contribution in [1.29, 1.82) is 5.26 Å². The highest BCUT2D eigenvalue weighted by Crippen LogP contribution is 2.23. The van der Waals surface area contributed by atoms with Gasteiger partial charge in [0.1, 0.15) is 6.54 Å². The van der Waals surface area contributed by atoms with Gasteiger partial charge in [-0.15, -0.1) is 0 Å². The minimum atomic E-state index is -0.592. The van der Waals surface area contributed by atoms with E-state index in [-0.39, 0.29) is 30.0 Å². The number of carbonyl (C=O) groups is 2. The molecule has 0 radical (unpaired) electrons. The highest BCUT2D eigenvalue weighted by Gasteiger charge is 2.31. The molecule has 2 aliphatic rings. The van der Waals surface area contributed by atoms with Crippen molar-refractivity contribution in [2.45, 2.75) is 38.3 Å². The number of nitrogens with zero attached hydrogens (tertiary/aromatic N) is 5. The van der Waals surface area contributed by atoms with Gasteiger partial charge in [-0.1, -0.05) is 42.5 Å². The molecule has 1 saturated heterocycles. The van der Waals surface area contributed by atoms with Gasteiger partial charge in [-0.3, -0.25) is 23.5 Å². The fourth-order valence-electron chi connectivity index (χ4n) is 5.50. The lowest BCUT2D eigenvalue weighted by molar-refractivity contribution is -0.136. The number of hydrogen-bond donors (Lipinski definition) is 0. The zero-order valence-corrected chi connectivity index (χ0v) is 21.3. The molecule has 3 aromatic rings. The van der Waals surface area contributed by atoms with E-state index in [2.05, 4.69) is 12.1 Å². The van der Waals surface area contributed by atoms with Crippen LogP contribution in [-0.4, -0.2) is 56.4 Å². The molecule has 5 rings (SSSR count). The van der Waals surface area contributed by atoms with E-state index in [1.165, 1.54) is 23.4 Å². The topological polar surface area (TPSA) is 108 Å². The Morgan fingerprint density at radius 3 is 2.37 bits per heavy atom. The maximum atomic E-state index is 13.2. The van der Waals surface area contributed by atoms with E-state index >= 15 is 0 Å². The van der Waals surface area contributed by atoms with Crippen LogP contribution in [0.3, 0.4) is 0 Å². The van der Waals surface area contributed by atoms with Crippen molar-refractivity contribution < 1.29 is 9.59 Å². The SMILES string of the molecule is Cn1c(=O)c(-c2ccccc2C#N)cn(CC(=O)N2CCC(N3CCc4ccccc4CC3=O)CC2)c1=O. The van der Waals surface area contributed by atoms with Crippen LogP contribution in [0.4, 0.5) is 0 Å². The number of likely N-dealkylation sites (tertiary alicyclic amines) is 1. The first-order valence-corrected chi connectivity index (χ1v) is 12.8. The van der Waals surface area contributed by atoms with E-state index in [0.717, 1.165) is 16.6 Å². The van der Waals surface area contributed by atoms with Gasteiger partial charge in [-0.25, -0.2) is 4.79 Å². The molecule has 38 heavy (non-hydrogen) atoms. The molecule has 2 amide bonds. The minimum absolute atomic E-state index is 0.0789. The van der Waals surface area contributed by atoms with Gasteiger partial charge in [-0.05, 0) is 36.5 Å². The van der Waals surface area contributed by atoms with E-state index in [1.54, 1.807) is 29.2 Å². The van der Waals surface area contributed by atoms with E-state index in [0.29, 0.717) is 50.0 Å². The van der Waals surface area contributed by atoms with E-state index in [4.69, 9.17) is 0 Å². The second-order valence-corrected chi connectivity index (χ2v) is 9.87. The molecule has 3 heterocycles. The third-order valence-corrected chi connectivity index (χ3v) is 7.66. The Morgan fingerprint density at radius 2 is 1.63 bits per heavy atom. The number of piperidine rings is 1. The van der Waals surface area contributed by atoms with Gasteiger partial charge in [0.05, 0.1) is 23.6 Å². The van der Waals surface area contributed by atoms with Crippen LogP contribution in [-0.2, 0) is 36.0 Å². The summed E-state index contributed by atoms with van der Waals surface area (Å²) in [7, 11) is 1.37. The van der Waals surface area contributed by atoms with Gasteiger partial charge in [0.2, 0.25) is 11.8 Å². The second-order valence-electron chi connectivity index (χ2n) is 9.87. The number of rotatable bonds is 4. The largest absolute Gasteiger partial charge is 0.341 e.